The van der Waals surface area contributed by atoms with Crippen molar-refractivity contribution >= 4 is 40.8 Å². The van der Waals surface area contributed by atoms with Crippen LogP contribution < -0.4 is 15.4 Å². The van der Waals surface area contributed by atoms with Crippen LogP contribution in [0.25, 0.3) is 0 Å². The van der Waals surface area contributed by atoms with Crippen LogP contribution in [-0.4, -0.2) is 31.5 Å². The Kier molecular flexibility index (Phi) is 7.83. The lowest BCUT2D eigenvalue weighted by atomic mass is 10.2. The minimum Gasteiger partial charge on any atom is -0.495 e. The number of anilines is 2. The highest BCUT2D eigenvalue weighted by Gasteiger charge is 2.13. The van der Waals surface area contributed by atoms with Gasteiger partial charge in [-0.15, -0.1) is 0 Å². The number of rotatable bonds is 8. The second-order valence-corrected chi connectivity index (χ2v) is 6.40. The number of ether oxygens (including phenoxy) is 2. The van der Waals surface area contributed by atoms with E-state index in [1.54, 1.807) is 30.3 Å². The number of hydrogen-bond acceptors (Lipinski definition) is 5. The zero-order chi connectivity index (χ0) is 20.5. The van der Waals surface area contributed by atoms with Crippen molar-refractivity contribution in [1.82, 2.24) is 0 Å². The van der Waals surface area contributed by atoms with Crippen LogP contribution in [0, 0.1) is 6.92 Å². The summed E-state index contributed by atoms with van der Waals surface area (Å²) in [5.74, 6) is -1.05. The number of benzene rings is 2. The fraction of sp³-hybridized carbons (Fsp3) is 0.250. The summed E-state index contributed by atoms with van der Waals surface area (Å²) in [5.41, 5.74) is 2.09. The Balaban J connectivity index is 1.73. The van der Waals surface area contributed by atoms with Crippen LogP contribution in [0.3, 0.4) is 0 Å². The third kappa shape index (κ3) is 6.92. The molecule has 0 radical (unpaired) electrons. The molecule has 2 N–H and O–H groups in total. The first kappa shape index (κ1) is 21.2. The molecule has 148 valence electrons. The smallest absolute Gasteiger partial charge is 0.306 e. The first-order chi connectivity index (χ1) is 13.4. The molecule has 0 fully saturated rings. The van der Waals surface area contributed by atoms with Crippen molar-refractivity contribution < 1.29 is 23.9 Å². The van der Waals surface area contributed by atoms with Crippen molar-refractivity contribution in [2.24, 2.45) is 0 Å². The van der Waals surface area contributed by atoms with Gasteiger partial charge in [-0.2, -0.15) is 0 Å². The number of amides is 2. The third-order valence-corrected chi connectivity index (χ3v) is 3.93. The van der Waals surface area contributed by atoms with E-state index in [1.807, 2.05) is 19.1 Å². The van der Waals surface area contributed by atoms with Crippen molar-refractivity contribution in [3.05, 3.63) is 53.1 Å². The molecular formula is C20H21ClN2O5. The molecular weight excluding hydrogens is 384 g/mol. The van der Waals surface area contributed by atoms with Crippen molar-refractivity contribution in [2.75, 3.05) is 24.4 Å². The highest BCUT2D eigenvalue weighted by atomic mass is 35.5. The standard InChI is InChI=1S/C20H21ClN2O5/c1-13-3-6-15(7-4-13)22-19(25)12-28-20(26)10-9-18(24)23-16-11-14(21)5-8-17(16)27-2/h3-8,11H,9-10,12H2,1-2H3,(H,22,25)(H,23,24). The minimum absolute atomic E-state index is 0.103. The molecule has 0 aliphatic heterocycles. The summed E-state index contributed by atoms with van der Waals surface area (Å²) < 4.78 is 10.0. The van der Waals surface area contributed by atoms with Gasteiger partial charge in [0.15, 0.2) is 6.61 Å². The lowest BCUT2D eigenvalue weighted by molar-refractivity contribution is -0.147. The van der Waals surface area contributed by atoms with Gasteiger partial charge in [0.1, 0.15) is 5.75 Å². The van der Waals surface area contributed by atoms with E-state index in [1.165, 1.54) is 7.11 Å². The van der Waals surface area contributed by atoms with E-state index in [4.69, 9.17) is 21.1 Å². The van der Waals surface area contributed by atoms with E-state index in [2.05, 4.69) is 10.6 Å². The molecule has 2 rings (SSSR count). The van der Waals surface area contributed by atoms with E-state index in [9.17, 15) is 14.4 Å². The number of carbonyl (C=O) groups is 3. The summed E-state index contributed by atoms with van der Waals surface area (Å²) in [6.45, 7) is 1.52. The number of halogens is 1. The summed E-state index contributed by atoms with van der Waals surface area (Å²) in [6, 6.07) is 12.0. The maximum absolute atomic E-state index is 12.0. The van der Waals surface area contributed by atoms with E-state index >= 15 is 0 Å². The second-order valence-electron chi connectivity index (χ2n) is 5.97. The molecule has 0 spiro atoms. The first-order valence-corrected chi connectivity index (χ1v) is 8.90. The van der Waals surface area contributed by atoms with Gasteiger partial charge in [-0.05, 0) is 37.3 Å². The molecule has 0 atom stereocenters. The predicted octanol–water partition coefficient (Wildman–Crippen LogP) is 3.56. The Bertz CT molecular complexity index is 852. The molecule has 0 aliphatic carbocycles. The lowest BCUT2D eigenvalue weighted by Gasteiger charge is -2.10. The maximum Gasteiger partial charge on any atom is 0.306 e. The van der Waals surface area contributed by atoms with Gasteiger partial charge >= 0.3 is 5.97 Å². The topological polar surface area (TPSA) is 93.7 Å². The molecule has 0 saturated carbocycles. The van der Waals surface area contributed by atoms with E-state index < -0.39 is 24.4 Å². The Morgan fingerprint density at radius 3 is 2.36 bits per heavy atom. The number of esters is 1. The highest BCUT2D eigenvalue weighted by Crippen LogP contribution is 2.27. The minimum atomic E-state index is -0.646. The van der Waals surface area contributed by atoms with Gasteiger partial charge in [0.05, 0.1) is 19.2 Å². The van der Waals surface area contributed by atoms with Gasteiger partial charge in [-0.3, -0.25) is 14.4 Å². The van der Waals surface area contributed by atoms with Crippen LogP contribution >= 0.6 is 11.6 Å². The van der Waals surface area contributed by atoms with Crippen LogP contribution in [0.2, 0.25) is 5.02 Å². The average Bonchev–Trinajstić information content (AvgIpc) is 2.67. The monoisotopic (exact) mass is 404 g/mol. The Morgan fingerprint density at radius 1 is 0.964 bits per heavy atom. The van der Waals surface area contributed by atoms with Gasteiger partial charge in [0, 0.05) is 17.1 Å². The molecule has 0 aliphatic rings. The zero-order valence-corrected chi connectivity index (χ0v) is 16.3. The maximum atomic E-state index is 12.0. The Labute approximate surface area is 168 Å². The summed E-state index contributed by atoms with van der Waals surface area (Å²) >= 11 is 5.90. The molecule has 2 aromatic rings. The largest absolute Gasteiger partial charge is 0.495 e. The van der Waals surface area contributed by atoms with Gasteiger partial charge < -0.3 is 20.1 Å². The van der Waals surface area contributed by atoms with Crippen LogP contribution in [0.15, 0.2) is 42.5 Å². The van der Waals surface area contributed by atoms with Crippen LogP contribution in [0.1, 0.15) is 18.4 Å². The van der Waals surface area contributed by atoms with Gasteiger partial charge in [0.2, 0.25) is 5.91 Å². The number of methoxy groups -OCH3 is 1. The average molecular weight is 405 g/mol. The normalized spacial score (nSPS) is 10.1. The fourth-order valence-electron chi connectivity index (χ4n) is 2.26. The summed E-state index contributed by atoms with van der Waals surface area (Å²) in [4.78, 5) is 35.5. The second kappa shape index (κ2) is 10.3. The van der Waals surface area contributed by atoms with E-state index in [-0.39, 0.29) is 12.8 Å². The van der Waals surface area contributed by atoms with Crippen molar-refractivity contribution in [3.63, 3.8) is 0 Å². The SMILES string of the molecule is COc1ccc(Cl)cc1NC(=O)CCC(=O)OCC(=O)Nc1ccc(C)cc1. The van der Waals surface area contributed by atoms with Crippen molar-refractivity contribution in [1.29, 1.82) is 0 Å². The van der Waals surface area contributed by atoms with E-state index in [0.717, 1.165) is 5.56 Å². The molecule has 0 heterocycles. The van der Waals surface area contributed by atoms with Crippen LogP contribution in [-0.2, 0) is 19.1 Å². The predicted molar refractivity (Wildman–Crippen MR) is 107 cm³/mol. The zero-order valence-electron chi connectivity index (χ0n) is 15.6. The molecule has 2 amide bonds. The van der Waals surface area contributed by atoms with Gasteiger partial charge in [-0.1, -0.05) is 29.3 Å². The highest BCUT2D eigenvalue weighted by molar-refractivity contribution is 6.31. The molecule has 0 aromatic heterocycles. The fourth-order valence-corrected chi connectivity index (χ4v) is 2.43. The van der Waals surface area contributed by atoms with E-state index in [0.29, 0.717) is 22.1 Å². The Morgan fingerprint density at radius 2 is 1.68 bits per heavy atom. The molecule has 0 unspecified atom stereocenters. The van der Waals surface area contributed by atoms with Gasteiger partial charge in [-0.25, -0.2) is 0 Å². The quantitative estimate of drug-likeness (QED) is 0.656. The number of nitrogens with one attached hydrogen (secondary N) is 2. The molecule has 8 heteroatoms. The van der Waals surface area contributed by atoms with Crippen LogP contribution in [0.5, 0.6) is 5.75 Å². The summed E-state index contributed by atoms with van der Waals surface area (Å²) in [5, 5.41) is 5.68. The molecule has 28 heavy (non-hydrogen) atoms. The molecule has 2 aromatic carbocycles. The lowest BCUT2D eigenvalue weighted by Crippen LogP contribution is -2.21. The van der Waals surface area contributed by atoms with Crippen molar-refractivity contribution in [3.8, 4) is 5.75 Å². The van der Waals surface area contributed by atoms with Crippen molar-refractivity contribution in [2.45, 2.75) is 19.8 Å². The Hall–Kier alpha value is -3.06. The summed E-state index contributed by atoms with van der Waals surface area (Å²) in [7, 11) is 1.47. The summed E-state index contributed by atoms with van der Waals surface area (Å²) in [6.07, 6.45) is -0.263. The number of carbonyl (C=O) groups excluding carboxylic acids is 3. The molecule has 7 nitrogen and oxygen atoms in total. The van der Waals surface area contributed by atoms with Crippen LogP contribution in [0.4, 0.5) is 11.4 Å². The molecule has 0 saturated heterocycles. The third-order valence-electron chi connectivity index (χ3n) is 3.69. The number of hydrogen-bond donors (Lipinski definition) is 2. The van der Waals surface area contributed by atoms with Gasteiger partial charge in [0.25, 0.3) is 5.91 Å². The first-order valence-electron chi connectivity index (χ1n) is 8.53. The molecule has 0 bridgehead atoms. The number of aryl methyl sites for hydroxylation is 1.